The van der Waals surface area contributed by atoms with E-state index in [1.807, 2.05) is 18.7 Å². The number of aliphatic hydroxyl groups is 1. The first-order valence-corrected chi connectivity index (χ1v) is 9.09. The van der Waals surface area contributed by atoms with Crippen LogP contribution >= 0.6 is 0 Å². The molecule has 1 N–H and O–H groups in total. The molecule has 1 aliphatic rings. The standard InChI is InChI=1S/C17H25NO3S/c1-12(2)22(21)16-8-6-14(7-9-16)17(20)18-10-4-5-15(11-18)13(3)19/h6-9,12-13,15,19H,4-5,10-11H2,1-3H3. The first-order valence-electron chi connectivity index (χ1n) is 7.88. The van der Waals surface area contributed by atoms with Crippen molar-refractivity contribution in [1.29, 1.82) is 0 Å². The summed E-state index contributed by atoms with van der Waals surface area (Å²) in [5.74, 6) is 0.151. The van der Waals surface area contributed by atoms with Crippen molar-refractivity contribution in [1.82, 2.24) is 4.90 Å². The van der Waals surface area contributed by atoms with Crippen molar-refractivity contribution in [2.45, 2.75) is 49.9 Å². The predicted octanol–water partition coefficient (Wildman–Crippen LogP) is 2.44. The predicted molar refractivity (Wildman–Crippen MR) is 88.3 cm³/mol. The second-order valence-corrected chi connectivity index (χ2v) is 8.27. The molecule has 0 radical (unpaired) electrons. The van der Waals surface area contributed by atoms with Gasteiger partial charge in [-0.05, 0) is 44.0 Å². The molecule has 0 saturated carbocycles. The molecule has 4 nitrogen and oxygen atoms in total. The molecule has 0 aliphatic carbocycles. The van der Waals surface area contributed by atoms with Gasteiger partial charge in [0.05, 0.1) is 16.9 Å². The van der Waals surface area contributed by atoms with Gasteiger partial charge in [-0.1, -0.05) is 13.8 Å². The van der Waals surface area contributed by atoms with Crippen molar-refractivity contribution in [3.05, 3.63) is 29.8 Å². The topological polar surface area (TPSA) is 57.6 Å². The number of hydrogen-bond acceptors (Lipinski definition) is 3. The molecule has 3 atom stereocenters. The third-order valence-electron chi connectivity index (χ3n) is 4.19. The molecular weight excluding hydrogens is 298 g/mol. The molecule has 1 heterocycles. The summed E-state index contributed by atoms with van der Waals surface area (Å²) in [6.45, 7) is 6.96. The van der Waals surface area contributed by atoms with E-state index in [-0.39, 0.29) is 23.2 Å². The summed E-state index contributed by atoms with van der Waals surface area (Å²) in [7, 11) is -1.03. The lowest BCUT2D eigenvalue weighted by Gasteiger charge is -2.34. The number of amides is 1. The number of hydrogen-bond donors (Lipinski definition) is 1. The van der Waals surface area contributed by atoms with Gasteiger partial charge >= 0.3 is 0 Å². The van der Waals surface area contributed by atoms with Gasteiger partial charge in [0.25, 0.3) is 5.91 Å². The van der Waals surface area contributed by atoms with E-state index < -0.39 is 10.8 Å². The molecule has 22 heavy (non-hydrogen) atoms. The van der Waals surface area contributed by atoms with Gasteiger partial charge in [-0.2, -0.15) is 0 Å². The molecule has 1 aromatic rings. The fourth-order valence-electron chi connectivity index (χ4n) is 2.77. The molecule has 1 fully saturated rings. The van der Waals surface area contributed by atoms with Crippen molar-refractivity contribution >= 4 is 16.7 Å². The molecule has 3 unspecified atom stereocenters. The summed E-state index contributed by atoms with van der Waals surface area (Å²) in [5, 5.41) is 9.79. The molecule has 1 aliphatic heterocycles. The van der Waals surface area contributed by atoms with Crippen LogP contribution in [0.4, 0.5) is 0 Å². The van der Waals surface area contributed by atoms with Crippen LogP contribution in [-0.2, 0) is 10.8 Å². The summed E-state index contributed by atoms with van der Waals surface area (Å²) < 4.78 is 12.0. The largest absolute Gasteiger partial charge is 0.393 e. The fourth-order valence-corrected chi connectivity index (χ4v) is 3.72. The van der Waals surface area contributed by atoms with Crippen molar-refractivity contribution in [2.24, 2.45) is 5.92 Å². The van der Waals surface area contributed by atoms with Gasteiger partial charge in [-0.15, -0.1) is 0 Å². The van der Waals surface area contributed by atoms with Crippen LogP contribution in [0, 0.1) is 5.92 Å². The number of carbonyl (C=O) groups is 1. The van der Waals surface area contributed by atoms with Crippen LogP contribution in [0.1, 0.15) is 44.0 Å². The molecule has 2 rings (SSSR count). The normalized spacial score (nSPS) is 21.7. The van der Waals surface area contributed by atoms with E-state index in [1.165, 1.54) is 0 Å². The van der Waals surface area contributed by atoms with Gasteiger partial charge < -0.3 is 10.0 Å². The highest BCUT2D eigenvalue weighted by Crippen LogP contribution is 2.22. The maximum absolute atomic E-state index is 12.6. The van der Waals surface area contributed by atoms with Gasteiger partial charge in [-0.3, -0.25) is 9.00 Å². The van der Waals surface area contributed by atoms with Crippen LogP contribution in [0.15, 0.2) is 29.2 Å². The van der Waals surface area contributed by atoms with Crippen LogP contribution in [0.25, 0.3) is 0 Å². The minimum absolute atomic E-state index is 0.00720. The van der Waals surface area contributed by atoms with Crippen LogP contribution < -0.4 is 0 Å². The Morgan fingerprint density at radius 2 is 1.91 bits per heavy atom. The second kappa shape index (κ2) is 7.38. The molecule has 0 aromatic heterocycles. The third-order valence-corrected chi connectivity index (χ3v) is 5.78. The molecule has 0 bridgehead atoms. The van der Waals surface area contributed by atoms with E-state index in [9.17, 15) is 14.1 Å². The smallest absolute Gasteiger partial charge is 0.253 e. The highest BCUT2D eigenvalue weighted by molar-refractivity contribution is 7.85. The highest BCUT2D eigenvalue weighted by atomic mass is 32.2. The first kappa shape index (κ1) is 17.2. The van der Waals surface area contributed by atoms with Crippen molar-refractivity contribution in [3.8, 4) is 0 Å². The minimum atomic E-state index is -1.03. The molecule has 1 aromatic carbocycles. The number of likely N-dealkylation sites (tertiary alicyclic amines) is 1. The Labute approximate surface area is 135 Å². The molecule has 1 saturated heterocycles. The van der Waals surface area contributed by atoms with Crippen LogP contribution in [0.2, 0.25) is 0 Å². The number of benzene rings is 1. The lowest BCUT2D eigenvalue weighted by molar-refractivity contribution is 0.0466. The van der Waals surface area contributed by atoms with Gasteiger partial charge in [0, 0.05) is 34.7 Å². The SMILES string of the molecule is CC(O)C1CCCN(C(=O)c2ccc(S(=O)C(C)C)cc2)C1. The quantitative estimate of drug-likeness (QED) is 0.926. The Morgan fingerprint density at radius 3 is 2.45 bits per heavy atom. The summed E-state index contributed by atoms with van der Waals surface area (Å²) in [6.07, 6.45) is 1.51. The number of piperidine rings is 1. The third kappa shape index (κ3) is 3.96. The summed E-state index contributed by atoms with van der Waals surface area (Å²) in [6, 6.07) is 7.06. The van der Waals surface area contributed by atoms with Crippen LogP contribution in [0.3, 0.4) is 0 Å². The highest BCUT2D eigenvalue weighted by Gasteiger charge is 2.27. The van der Waals surface area contributed by atoms with E-state index in [2.05, 4.69) is 0 Å². The lowest BCUT2D eigenvalue weighted by Crippen LogP contribution is -2.42. The zero-order valence-electron chi connectivity index (χ0n) is 13.5. The van der Waals surface area contributed by atoms with Crippen molar-refractivity contribution in [3.63, 3.8) is 0 Å². The van der Waals surface area contributed by atoms with Crippen molar-refractivity contribution < 1.29 is 14.1 Å². The Kier molecular flexibility index (Phi) is 5.75. The second-order valence-electron chi connectivity index (χ2n) is 6.26. The zero-order chi connectivity index (χ0) is 16.3. The number of aliphatic hydroxyl groups excluding tert-OH is 1. The fraction of sp³-hybridized carbons (Fsp3) is 0.588. The van der Waals surface area contributed by atoms with Gasteiger partial charge in [0.15, 0.2) is 0 Å². The minimum Gasteiger partial charge on any atom is -0.393 e. The van der Waals surface area contributed by atoms with Gasteiger partial charge in [0.1, 0.15) is 0 Å². The molecule has 0 spiro atoms. The Hall–Kier alpha value is -1.20. The van der Waals surface area contributed by atoms with Crippen LogP contribution in [0.5, 0.6) is 0 Å². The van der Waals surface area contributed by atoms with Gasteiger partial charge in [0.2, 0.25) is 0 Å². The number of nitrogens with zero attached hydrogens (tertiary/aromatic N) is 1. The lowest BCUT2D eigenvalue weighted by atomic mass is 9.93. The first-order chi connectivity index (χ1) is 10.4. The van der Waals surface area contributed by atoms with E-state index in [4.69, 9.17) is 0 Å². The molecule has 122 valence electrons. The average molecular weight is 323 g/mol. The van der Waals surface area contributed by atoms with E-state index in [0.717, 1.165) is 24.3 Å². The van der Waals surface area contributed by atoms with E-state index in [1.54, 1.807) is 31.2 Å². The maximum Gasteiger partial charge on any atom is 0.253 e. The Balaban J connectivity index is 2.08. The zero-order valence-corrected chi connectivity index (χ0v) is 14.3. The van der Waals surface area contributed by atoms with Crippen LogP contribution in [-0.4, -0.2) is 44.6 Å². The summed E-state index contributed by atoms with van der Waals surface area (Å²) in [5.41, 5.74) is 0.621. The van der Waals surface area contributed by atoms with Crippen molar-refractivity contribution in [2.75, 3.05) is 13.1 Å². The maximum atomic E-state index is 12.6. The summed E-state index contributed by atoms with van der Waals surface area (Å²) in [4.78, 5) is 15.1. The molecular formula is C17H25NO3S. The van der Waals surface area contributed by atoms with Gasteiger partial charge in [-0.25, -0.2) is 0 Å². The number of carbonyl (C=O) groups excluding carboxylic acids is 1. The molecule has 1 amide bonds. The number of rotatable bonds is 4. The van der Waals surface area contributed by atoms with E-state index >= 15 is 0 Å². The average Bonchev–Trinajstić information content (AvgIpc) is 2.53. The Bertz CT molecular complexity index is 539. The van der Waals surface area contributed by atoms with E-state index in [0.29, 0.717) is 12.1 Å². The Morgan fingerprint density at radius 1 is 1.27 bits per heavy atom. The molecule has 5 heteroatoms. The monoisotopic (exact) mass is 323 g/mol. The summed E-state index contributed by atoms with van der Waals surface area (Å²) >= 11 is 0.